The van der Waals surface area contributed by atoms with Gasteiger partial charge in [0.2, 0.25) is 0 Å². The van der Waals surface area contributed by atoms with Crippen molar-refractivity contribution in [3.05, 3.63) is 65.2 Å². The Hall–Kier alpha value is -1.94. The van der Waals surface area contributed by atoms with Crippen LogP contribution in [-0.4, -0.2) is 6.54 Å². The van der Waals surface area contributed by atoms with Crippen molar-refractivity contribution in [3.63, 3.8) is 0 Å². The van der Waals surface area contributed by atoms with Gasteiger partial charge in [-0.1, -0.05) is 29.8 Å². The Kier molecular flexibility index (Phi) is 4.12. The monoisotopic (exact) mass is 263 g/mol. The van der Waals surface area contributed by atoms with E-state index in [1.54, 1.807) is 0 Å². The Morgan fingerprint density at radius 3 is 2.58 bits per heavy atom. The van der Waals surface area contributed by atoms with Gasteiger partial charge in [0.25, 0.3) is 0 Å². The summed E-state index contributed by atoms with van der Waals surface area (Å²) in [4.78, 5) is 0. The van der Waals surface area contributed by atoms with E-state index < -0.39 is 17.7 Å². The van der Waals surface area contributed by atoms with Crippen molar-refractivity contribution in [3.8, 4) is 5.75 Å². The molecule has 0 aromatic heterocycles. The minimum absolute atomic E-state index is 0.00152. The van der Waals surface area contributed by atoms with E-state index in [4.69, 9.17) is 10.5 Å². The lowest BCUT2D eigenvalue weighted by atomic mass is 10.1. The molecule has 4 heteroatoms. The molecule has 0 radical (unpaired) electrons. The molecule has 1 unspecified atom stereocenters. The van der Waals surface area contributed by atoms with Gasteiger partial charge in [0.05, 0.1) is 0 Å². The van der Waals surface area contributed by atoms with Crippen molar-refractivity contribution in [1.82, 2.24) is 0 Å². The molecule has 100 valence electrons. The Morgan fingerprint density at radius 2 is 1.95 bits per heavy atom. The van der Waals surface area contributed by atoms with Gasteiger partial charge in [-0.3, -0.25) is 0 Å². The van der Waals surface area contributed by atoms with Gasteiger partial charge < -0.3 is 10.5 Å². The van der Waals surface area contributed by atoms with Crippen molar-refractivity contribution < 1.29 is 13.5 Å². The van der Waals surface area contributed by atoms with Crippen LogP contribution < -0.4 is 10.5 Å². The van der Waals surface area contributed by atoms with Gasteiger partial charge in [0.1, 0.15) is 11.9 Å². The molecule has 0 spiro atoms. The molecule has 2 nitrogen and oxygen atoms in total. The van der Waals surface area contributed by atoms with Gasteiger partial charge in [-0.05, 0) is 24.6 Å². The van der Waals surface area contributed by atoms with E-state index in [0.29, 0.717) is 0 Å². The molecule has 2 aromatic carbocycles. The second-order valence-corrected chi connectivity index (χ2v) is 4.33. The molecule has 2 N–H and O–H groups in total. The van der Waals surface area contributed by atoms with Crippen molar-refractivity contribution in [2.24, 2.45) is 5.73 Å². The van der Waals surface area contributed by atoms with Crippen molar-refractivity contribution in [2.75, 3.05) is 6.54 Å². The van der Waals surface area contributed by atoms with E-state index in [9.17, 15) is 8.78 Å². The number of rotatable bonds is 4. The third kappa shape index (κ3) is 3.29. The van der Waals surface area contributed by atoms with Crippen LogP contribution in [0.2, 0.25) is 0 Å². The molecule has 0 amide bonds. The second-order valence-electron chi connectivity index (χ2n) is 4.33. The highest BCUT2D eigenvalue weighted by Gasteiger charge is 2.14. The van der Waals surface area contributed by atoms with Crippen molar-refractivity contribution in [2.45, 2.75) is 13.0 Å². The summed E-state index contributed by atoms with van der Waals surface area (Å²) in [6.45, 7) is 2.16. The third-order valence-corrected chi connectivity index (χ3v) is 2.79. The van der Waals surface area contributed by atoms with Crippen molar-refractivity contribution in [1.29, 1.82) is 0 Å². The van der Waals surface area contributed by atoms with Gasteiger partial charge in [-0.15, -0.1) is 0 Å². The summed E-state index contributed by atoms with van der Waals surface area (Å²) in [7, 11) is 0. The topological polar surface area (TPSA) is 35.2 Å². The van der Waals surface area contributed by atoms with E-state index >= 15 is 0 Å². The summed E-state index contributed by atoms with van der Waals surface area (Å²) in [6.07, 6.45) is -0.458. The second kappa shape index (κ2) is 5.80. The standard InChI is InChI=1S/C15H15F2NO/c1-10-3-2-4-11(7-10)15(9-18)19-14-6-5-12(16)8-13(14)17/h2-8,15H,9,18H2,1H3. The van der Waals surface area contributed by atoms with Gasteiger partial charge >= 0.3 is 0 Å². The molecule has 0 aliphatic heterocycles. The maximum absolute atomic E-state index is 13.5. The summed E-state index contributed by atoms with van der Waals surface area (Å²) in [6, 6.07) is 10.8. The van der Waals surface area contributed by atoms with Crippen LogP contribution in [0.1, 0.15) is 17.2 Å². The molecule has 19 heavy (non-hydrogen) atoms. The van der Waals surface area contributed by atoms with Crippen LogP contribution in [0.4, 0.5) is 8.78 Å². The Labute approximate surface area is 110 Å². The molecule has 0 saturated heterocycles. The third-order valence-electron chi connectivity index (χ3n) is 2.79. The summed E-state index contributed by atoms with van der Waals surface area (Å²) in [5.41, 5.74) is 7.60. The molecule has 1 atom stereocenters. The Bertz CT molecular complexity index is 572. The van der Waals surface area contributed by atoms with E-state index in [-0.39, 0.29) is 12.3 Å². The number of nitrogens with two attached hydrogens (primary N) is 1. The van der Waals surface area contributed by atoms with Crippen molar-refractivity contribution >= 4 is 0 Å². The normalized spacial score (nSPS) is 12.2. The quantitative estimate of drug-likeness (QED) is 0.918. The van der Waals surface area contributed by atoms with E-state index in [1.807, 2.05) is 31.2 Å². The lowest BCUT2D eigenvalue weighted by molar-refractivity contribution is 0.204. The highest BCUT2D eigenvalue weighted by Crippen LogP contribution is 2.25. The van der Waals surface area contributed by atoms with Crippen LogP contribution in [0.25, 0.3) is 0 Å². The first-order valence-corrected chi connectivity index (χ1v) is 5.98. The summed E-state index contributed by atoms with van der Waals surface area (Å²) in [5.74, 6) is -1.37. The molecule has 2 aromatic rings. The number of hydrogen-bond donors (Lipinski definition) is 1. The highest BCUT2D eigenvalue weighted by atomic mass is 19.1. The van der Waals surface area contributed by atoms with Gasteiger partial charge in [-0.2, -0.15) is 0 Å². The predicted octanol–water partition coefficient (Wildman–Crippen LogP) is 3.35. The van der Waals surface area contributed by atoms with Crippen LogP contribution in [-0.2, 0) is 0 Å². The molecule has 0 bridgehead atoms. The predicted molar refractivity (Wildman–Crippen MR) is 70.0 cm³/mol. The lowest BCUT2D eigenvalue weighted by Crippen LogP contribution is -2.19. The van der Waals surface area contributed by atoms with E-state index in [1.165, 1.54) is 6.07 Å². The minimum Gasteiger partial charge on any atom is -0.481 e. The molecule has 0 fully saturated rings. The smallest absolute Gasteiger partial charge is 0.168 e. The van der Waals surface area contributed by atoms with Crippen LogP contribution in [0.3, 0.4) is 0 Å². The van der Waals surface area contributed by atoms with Crippen LogP contribution >= 0.6 is 0 Å². The zero-order chi connectivity index (χ0) is 13.8. The van der Waals surface area contributed by atoms with E-state index in [2.05, 4.69) is 0 Å². The SMILES string of the molecule is Cc1cccc(C(CN)Oc2ccc(F)cc2F)c1. The van der Waals surface area contributed by atoms with Crippen LogP contribution in [0.15, 0.2) is 42.5 Å². The first-order chi connectivity index (χ1) is 9.10. The summed E-state index contributed by atoms with van der Waals surface area (Å²) in [5, 5.41) is 0. The molecular weight excluding hydrogens is 248 g/mol. The maximum atomic E-state index is 13.5. The first-order valence-electron chi connectivity index (χ1n) is 5.98. The van der Waals surface area contributed by atoms with Gasteiger partial charge in [0, 0.05) is 12.6 Å². The molecule has 0 saturated carbocycles. The maximum Gasteiger partial charge on any atom is 0.168 e. The minimum atomic E-state index is -0.730. The average Bonchev–Trinajstić information content (AvgIpc) is 2.38. The fourth-order valence-corrected chi connectivity index (χ4v) is 1.85. The van der Waals surface area contributed by atoms with E-state index in [0.717, 1.165) is 23.3 Å². The summed E-state index contributed by atoms with van der Waals surface area (Å²) < 4.78 is 31.9. The Balaban J connectivity index is 2.24. The Morgan fingerprint density at radius 1 is 1.16 bits per heavy atom. The average molecular weight is 263 g/mol. The van der Waals surface area contributed by atoms with Gasteiger partial charge in [0.15, 0.2) is 11.6 Å². The lowest BCUT2D eigenvalue weighted by Gasteiger charge is -2.18. The van der Waals surface area contributed by atoms with Crippen LogP contribution in [0.5, 0.6) is 5.75 Å². The fraction of sp³-hybridized carbons (Fsp3) is 0.200. The first kappa shape index (κ1) is 13.5. The zero-order valence-electron chi connectivity index (χ0n) is 10.6. The number of benzene rings is 2. The van der Waals surface area contributed by atoms with Crippen LogP contribution in [0, 0.1) is 18.6 Å². The summed E-state index contributed by atoms with van der Waals surface area (Å²) >= 11 is 0. The molecule has 2 rings (SSSR count). The fourth-order valence-electron chi connectivity index (χ4n) is 1.85. The molecule has 0 aliphatic carbocycles. The zero-order valence-corrected chi connectivity index (χ0v) is 10.6. The number of ether oxygens (including phenoxy) is 1. The molecular formula is C15H15F2NO. The highest BCUT2D eigenvalue weighted by molar-refractivity contribution is 5.28. The number of hydrogen-bond acceptors (Lipinski definition) is 2. The molecule has 0 aliphatic rings. The number of halogens is 2. The molecule has 0 heterocycles. The largest absolute Gasteiger partial charge is 0.481 e. The number of aryl methyl sites for hydroxylation is 1. The van der Waals surface area contributed by atoms with Gasteiger partial charge in [-0.25, -0.2) is 8.78 Å².